The average Bonchev–Trinajstić information content (AvgIpc) is 2.81. The van der Waals surface area contributed by atoms with Crippen molar-refractivity contribution in [3.05, 3.63) is 68.9 Å². The van der Waals surface area contributed by atoms with E-state index in [4.69, 9.17) is 4.74 Å². The second-order valence-corrected chi connectivity index (χ2v) is 14.8. The maximum atomic E-state index is 12.6. The van der Waals surface area contributed by atoms with Crippen molar-refractivity contribution in [3.63, 3.8) is 0 Å². The lowest BCUT2D eigenvalue weighted by atomic mass is 10.0. The number of carbonyl (C=O) groups is 2. The number of aromatic hydroxyl groups is 2. The van der Waals surface area contributed by atoms with Crippen molar-refractivity contribution >= 4 is 147 Å². The van der Waals surface area contributed by atoms with Gasteiger partial charge in [-0.05, 0) is 189 Å². The van der Waals surface area contributed by atoms with Gasteiger partial charge in [-0.1, -0.05) is 0 Å². The smallest absolute Gasteiger partial charge is 0.326 e. The first-order valence-corrected chi connectivity index (χ1v) is 16.9. The van der Waals surface area contributed by atoms with Gasteiger partial charge in [-0.25, -0.2) is 4.79 Å². The number of carboxylic acids is 1. The number of ether oxygens (including phenoxy) is 1. The van der Waals surface area contributed by atoms with Crippen LogP contribution in [0.4, 0.5) is 0 Å². The SMILES string of the molecule is O=C(CCc1cc(I)c(O)c(I)c1)N[C@@H](Cc1cc(I)c(Oc2cc(I)c(O)c(I)c2)c(I)c1)C(=O)O. The third-order valence-electron chi connectivity index (χ3n) is 5.06. The zero-order valence-corrected chi connectivity index (χ0v) is 31.4. The average molecular weight is 1180 g/mol. The first-order chi connectivity index (χ1) is 17.3. The van der Waals surface area contributed by atoms with Crippen molar-refractivity contribution in [2.24, 2.45) is 0 Å². The van der Waals surface area contributed by atoms with Gasteiger partial charge in [0.15, 0.2) is 5.75 Å². The van der Waals surface area contributed by atoms with Gasteiger partial charge < -0.3 is 25.4 Å². The molecule has 13 heteroatoms. The fourth-order valence-corrected chi connectivity index (χ4v) is 8.99. The zero-order chi connectivity index (χ0) is 27.4. The second-order valence-electron chi connectivity index (χ2n) is 7.80. The molecular formula is C24H17I6NO6. The Balaban J connectivity index is 1.69. The van der Waals surface area contributed by atoms with Crippen LogP contribution < -0.4 is 10.1 Å². The number of carbonyl (C=O) groups excluding carboxylic acids is 1. The number of nitrogens with one attached hydrogen (secondary N) is 1. The molecule has 1 amide bonds. The maximum absolute atomic E-state index is 12.6. The molecule has 3 rings (SSSR count). The molecule has 0 radical (unpaired) electrons. The molecule has 0 unspecified atom stereocenters. The van der Waals surface area contributed by atoms with Crippen LogP contribution in [0.2, 0.25) is 0 Å². The number of halogens is 6. The lowest BCUT2D eigenvalue weighted by Gasteiger charge is -2.17. The number of aliphatic carboxylic acids is 1. The van der Waals surface area contributed by atoms with Gasteiger partial charge in [-0.2, -0.15) is 0 Å². The molecule has 0 aliphatic rings. The van der Waals surface area contributed by atoms with Crippen LogP contribution in [0.1, 0.15) is 17.5 Å². The molecule has 1 atom stereocenters. The molecule has 37 heavy (non-hydrogen) atoms. The summed E-state index contributed by atoms with van der Waals surface area (Å²) in [6.07, 6.45) is 0.686. The predicted octanol–water partition coefficient (Wildman–Crippen LogP) is 7.26. The van der Waals surface area contributed by atoms with Crippen molar-refractivity contribution in [2.75, 3.05) is 0 Å². The topological polar surface area (TPSA) is 116 Å². The molecule has 3 aromatic rings. The summed E-state index contributed by atoms with van der Waals surface area (Å²) in [5, 5.41) is 32.3. The maximum Gasteiger partial charge on any atom is 0.326 e. The lowest BCUT2D eigenvalue weighted by molar-refractivity contribution is -0.141. The Morgan fingerprint density at radius 1 is 0.757 bits per heavy atom. The molecule has 0 heterocycles. The number of amides is 1. The van der Waals surface area contributed by atoms with Crippen LogP contribution in [0, 0.1) is 21.4 Å². The highest BCUT2D eigenvalue weighted by molar-refractivity contribution is 14.1. The van der Waals surface area contributed by atoms with Crippen molar-refractivity contribution in [1.29, 1.82) is 0 Å². The van der Waals surface area contributed by atoms with E-state index in [0.29, 0.717) is 32.2 Å². The van der Waals surface area contributed by atoms with E-state index < -0.39 is 12.0 Å². The first-order valence-electron chi connectivity index (χ1n) is 10.4. The van der Waals surface area contributed by atoms with Crippen LogP contribution in [-0.4, -0.2) is 33.2 Å². The Hall–Kier alpha value is 0.380. The van der Waals surface area contributed by atoms with Crippen LogP contribution >= 0.6 is 136 Å². The van der Waals surface area contributed by atoms with E-state index in [1.54, 1.807) is 12.1 Å². The van der Waals surface area contributed by atoms with Crippen LogP contribution in [0.5, 0.6) is 23.0 Å². The van der Waals surface area contributed by atoms with E-state index in [0.717, 1.165) is 18.3 Å². The standard InChI is InChI=1S/C24H17I6NO6/c25-13-3-10(4-14(26)21(13)33)1-2-20(32)31-19(24(35)36)7-11-5-17(29)23(18(30)6-11)37-12-8-15(27)22(34)16(28)9-12/h3-6,8-9,19,33-34H,1-2,7H2,(H,31,32)(H,35,36)/t19-/m0/s1. The molecule has 0 saturated heterocycles. The van der Waals surface area contributed by atoms with Crippen molar-refractivity contribution in [2.45, 2.75) is 25.3 Å². The fourth-order valence-electron chi connectivity index (χ4n) is 3.27. The van der Waals surface area contributed by atoms with Gasteiger partial charge in [0.1, 0.15) is 23.3 Å². The molecule has 196 valence electrons. The quantitative estimate of drug-likeness (QED) is 0.168. The number of hydrogen-bond acceptors (Lipinski definition) is 5. The summed E-state index contributed by atoms with van der Waals surface area (Å²) in [5.74, 6) is 0.184. The molecular weight excluding hydrogens is 1160 g/mol. The number of phenolic OH excluding ortho intramolecular Hbond substituents is 2. The minimum Gasteiger partial charge on any atom is -0.506 e. The number of rotatable bonds is 9. The third-order valence-corrected chi connectivity index (χ3v) is 9.95. The van der Waals surface area contributed by atoms with Gasteiger partial charge in [-0.3, -0.25) is 4.79 Å². The number of phenols is 2. The van der Waals surface area contributed by atoms with E-state index in [2.05, 4.69) is 50.5 Å². The lowest BCUT2D eigenvalue weighted by Crippen LogP contribution is -2.42. The van der Waals surface area contributed by atoms with Crippen LogP contribution in [-0.2, 0) is 22.4 Å². The molecule has 4 N–H and O–H groups in total. The fraction of sp³-hybridized carbons (Fsp3) is 0.167. The summed E-state index contributed by atoms with van der Waals surface area (Å²) in [5.41, 5.74) is 1.65. The molecule has 0 saturated carbocycles. The third kappa shape index (κ3) is 8.93. The number of hydrogen-bond donors (Lipinski definition) is 4. The van der Waals surface area contributed by atoms with E-state index in [1.165, 1.54) is 0 Å². The largest absolute Gasteiger partial charge is 0.506 e. The molecule has 0 spiro atoms. The van der Waals surface area contributed by atoms with E-state index in [9.17, 15) is 24.9 Å². The predicted molar refractivity (Wildman–Crippen MR) is 191 cm³/mol. The van der Waals surface area contributed by atoms with Gasteiger partial charge >= 0.3 is 5.97 Å². The molecule has 0 aliphatic carbocycles. The minimum absolute atomic E-state index is 0.122. The minimum atomic E-state index is -1.11. The number of aryl methyl sites for hydroxylation is 1. The first kappa shape index (κ1) is 31.9. The number of carboxylic acid groups (broad SMARTS) is 1. The molecule has 7 nitrogen and oxygen atoms in total. The highest BCUT2D eigenvalue weighted by atomic mass is 127. The van der Waals surface area contributed by atoms with Crippen molar-refractivity contribution in [3.8, 4) is 23.0 Å². The number of benzene rings is 3. The summed E-state index contributed by atoms with van der Waals surface area (Å²) in [4.78, 5) is 24.5. The highest BCUT2D eigenvalue weighted by Crippen LogP contribution is 2.37. The second kappa shape index (κ2) is 14.3. The Morgan fingerprint density at radius 2 is 1.22 bits per heavy atom. The Bertz CT molecular complexity index is 1300. The van der Waals surface area contributed by atoms with Gasteiger partial charge in [0, 0.05) is 12.8 Å². The van der Waals surface area contributed by atoms with Crippen LogP contribution in [0.3, 0.4) is 0 Å². The molecule has 0 aromatic heterocycles. The van der Waals surface area contributed by atoms with Crippen LogP contribution in [0.15, 0.2) is 36.4 Å². The summed E-state index contributed by atoms with van der Waals surface area (Å²) in [6.45, 7) is 0. The van der Waals surface area contributed by atoms with Gasteiger partial charge in [0.2, 0.25) is 5.91 Å². The van der Waals surface area contributed by atoms with Gasteiger partial charge in [0.25, 0.3) is 0 Å². The van der Waals surface area contributed by atoms with Crippen LogP contribution in [0.25, 0.3) is 0 Å². The van der Waals surface area contributed by atoms with Gasteiger partial charge in [-0.15, -0.1) is 0 Å². The van der Waals surface area contributed by atoms with E-state index >= 15 is 0 Å². The van der Waals surface area contributed by atoms with E-state index in [1.807, 2.05) is 115 Å². The summed E-state index contributed by atoms with van der Waals surface area (Å²) in [7, 11) is 0. The summed E-state index contributed by atoms with van der Waals surface area (Å²) >= 11 is 12.4. The normalized spacial score (nSPS) is 11.7. The molecule has 3 aromatic carbocycles. The Kier molecular flexibility index (Phi) is 12.4. The molecule has 0 fully saturated rings. The summed E-state index contributed by atoms with van der Waals surface area (Å²) in [6, 6.07) is 9.72. The van der Waals surface area contributed by atoms with E-state index in [-0.39, 0.29) is 30.2 Å². The monoisotopic (exact) mass is 1180 g/mol. The van der Waals surface area contributed by atoms with Gasteiger partial charge in [0.05, 0.1) is 21.4 Å². The zero-order valence-electron chi connectivity index (χ0n) is 18.5. The summed E-state index contributed by atoms with van der Waals surface area (Å²) < 4.78 is 10.4. The molecule has 0 aliphatic heterocycles. The molecule has 0 bridgehead atoms. The highest BCUT2D eigenvalue weighted by Gasteiger charge is 2.22. The van der Waals surface area contributed by atoms with Crippen molar-refractivity contribution in [1.82, 2.24) is 5.32 Å². The Morgan fingerprint density at radius 3 is 1.70 bits per heavy atom. The Labute approximate surface area is 295 Å². The van der Waals surface area contributed by atoms with Crippen molar-refractivity contribution < 1.29 is 29.6 Å².